The second kappa shape index (κ2) is 6.81. The minimum absolute atomic E-state index is 0.0514. The molecule has 1 aliphatic rings. The van der Waals surface area contributed by atoms with Gasteiger partial charge in [-0.25, -0.2) is 0 Å². The van der Waals surface area contributed by atoms with Gasteiger partial charge in [-0.15, -0.1) is 0 Å². The Morgan fingerprint density at radius 1 is 1.32 bits per heavy atom. The van der Waals surface area contributed by atoms with Gasteiger partial charge in [0.05, 0.1) is 12.8 Å². The fraction of sp³-hybridized carbons (Fsp3) is 0.529. The molecule has 1 heterocycles. The van der Waals surface area contributed by atoms with Gasteiger partial charge in [0.25, 0.3) is 0 Å². The van der Waals surface area contributed by atoms with E-state index in [-0.39, 0.29) is 11.8 Å². The molecule has 22 heavy (non-hydrogen) atoms. The van der Waals surface area contributed by atoms with E-state index in [1.165, 1.54) is 0 Å². The van der Waals surface area contributed by atoms with E-state index in [1.54, 1.807) is 23.8 Å². The van der Waals surface area contributed by atoms with Crippen molar-refractivity contribution in [3.8, 4) is 5.75 Å². The molecule has 0 bridgehead atoms. The van der Waals surface area contributed by atoms with Gasteiger partial charge in [0.1, 0.15) is 11.8 Å². The number of carbonyl (C=O) groups is 2. The molecule has 1 saturated heterocycles. The van der Waals surface area contributed by atoms with Crippen LogP contribution in [-0.4, -0.2) is 43.0 Å². The predicted molar refractivity (Wildman–Crippen MR) is 86.0 cm³/mol. The molecule has 1 atom stereocenters. The number of carbonyl (C=O) groups excluding carboxylic acids is 2. The molecule has 0 saturated carbocycles. The first kappa shape index (κ1) is 16.3. The molecule has 0 aromatic heterocycles. The molecule has 1 unspecified atom stereocenters. The Balaban J connectivity index is 2.17. The van der Waals surface area contributed by atoms with E-state index in [2.05, 4.69) is 0 Å². The molecule has 0 N–H and O–H groups in total. The van der Waals surface area contributed by atoms with Gasteiger partial charge in [0.2, 0.25) is 11.8 Å². The highest BCUT2D eigenvalue weighted by Crippen LogP contribution is 2.30. The van der Waals surface area contributed by atoms with Gasteiger partial charge < -0.3 is 14.5 Å². The number of anilines is 1. The van der Waals surface area contributed by atoms with Crippen molar-refractivity contribution in [3.63, 3.8) is 0 Å². The summed E-state index contributed by atoms with van der Waals surface area (Å²) < 4.78 is 5.33. The number of hydrogen-bond donors (Lipinski definition) is 0. The second-order valence-electron chi connectivity index (χ2n) is 6.02. The monoisotopic (exact) mass is 304 g/mol. The average molecular weight is 304 g/mol. The standard InChI is InChI=1S/C17H24N2O3/c1-12(2)11-16(20)18-9-10-19(17(21)13(18)3)14-7-5-6-8-15(14)22-4/h5-8,12-13H,9-11H2,1-4H3. The first-order chi connectivity index (χ1) is 10.5. The molecule has 0 aliphatic carbocycles. The zero-order chi connectivity index (χ0) is 16.3. The zero-order valence-electron chi connectivity index (χ0n) is 13.7. The molecular formula is C17H24N2O3. The van der Waals surface area contributed by atoms with Crippen LogP contribution < -0.4 is 9.64 Å². The molecule has 5 heteroatoms. The van der Waals surface area contributed by atoms with Gasteiger partial charge in [0, 0.05) is 19.5 Å². The molecule has 2 amide bonds. The predicted octanol–water partition coefficient (Wildman–Crippen LogP) is 2.30. The quantitative estimate of drug-likeness (QED) is 0.857. The number of para-hydroxylation sites is 2. The normalized spacial score (nSPS) is 18.8. The van der Waals surface area contributed by atoms with Crippen molar-refractivity contribution < 1.29 is 14.3 Å². The number of piperazine rings is 1. The lowest BCUT2D eigenvalue weighted by molar-refractivity contribution is -0.141. The maximum absolute atomic E-state index is 12.7. The Labute approximate surface area is 131 Å². The largest absolute Gasteiger partial charge is 0.495 e. The van der Waals surface area contributed by atoms with E-state index in [9.17, 15) is 9.59 Å². The summed E-state index contributed by atoms with van der Waals surface area (Å²) in [5, 5.41) is 0. The summed E-state index contributed by atoms with van der Waals surface area (Å²) in [5.74, 6) is 0.954. The Morgan fingerprint density at radius 3 is 2.64 bits per heavy atom. The van der Waals surface area contributed by atoms with Crippen molar-refractivity contribution >= 4 is 17.5 Å². The lowest BCUT2D eigenvalue weighted by atomic mass is 10.1. The average Bonchev–Trinajstić information content (AvgIpc) is 2.49. The molecule has 2 rings (SSSR count). The van der Waals surface area contributed by atoms with Crippen LogP contribution in [0.3, 0.4) is 0 Å². The van der Waals surface area contributed by atoms with E-state index < -0.39 is 6.04 Å². The lowest BCUT2D eigenvalue weighted by Gasteiger charge is -2.39. The summed E-state index contributed by atoms with van der Waals surface area (Å²) in [6, 6.07) is 7.02. The zero-order valence-corrected chi connectivity index (χ0v) is 13.7. The van der Waals surface area contributed by atoms with E-state index in [0.29, 0.717) is 31.2 Å². The molecule has 0 radical (unpaired) electrons. The van der Waals surface area contributed by atoms with Gasteiger partial charge in [-0.05, 0) is 25.0 Å². The molecule has 1 aromatic rings. The van der Waals surface area contributed by atoms with Crippen LogP contribution in [-0.2, 0) is 9.59 Å². The Bertz CT molecular complexity index is 557. The van der Waals surface area contributed by atoms with Crippen LogP contribution in [0, 0.1) is 5.92 Å². The first-order valence-corrected chi connectivity index (χ1v) is 7.69. The summed E-state index contributed by atoms with van der Waals surface area (Å²) in [5.41, 5.74) is 0.762. The summed E-state index contributed by atoms with van der Waals surface area (Å²) in [6.07, 6.45) is 0.478. The van der Waals surface area contributed by atoms with Crippen molar-refractivity contribution in [3.05, 3.63) is 24.3 Å². The minimum atomic E-state index is -0.440. The molecular weight excluding hydrogens is 280 g/mol. The van der Waals surface area contributed by atoms with Crippen LogP contribution in [0.4, 0.5) is 5.69 Å². The Morgan fingerprint density at radius 2 is 2.00 bits per heavy atom. The maximum atomic E-state index is 12.7. The number of ether oxygens (including phenoxy) is 1. The number of hydrogen-bond acceptors (Lipinski definition) is 3. The summed E-state index contributed by atoms with van der Waals surface area (Å²) in [4.78, 5) is 28.3. The number of benzene rings is 1. The SMILES string of the molecule is COc1ccccc1N1CCN(C(=O)CC(C)C)C(C)C1=O. The molecule has 120 valence electrons. The van der Waals surface area contributed by atoms with Crippen molar-refractivity contribution in [2.24, 2.45) is 5.92 Å². The highest BCUT2D eigenvalue weighted by Gasteiger charge is 2.35. The van der Waals surface area contributed by atoms with Gasteiger partial charge in [0.15, 0.2) is 0 Å². The van der Waals surface area contributed by atoms with Crippen molar-refractivity contribution in [2.45, 2.75) is 33.2 Å². The Kier molecular flexibility index (Phi) is 5.06. The van der Waals surface area contributed by atoms with Crippen LogP contribution in [0.15, 0.2) is 24.3 Å². The molecule has 1 fully saturated rings. The van der Waals surface area contributed by atoms with Gasteiger partial charge in [-0.3, -0.25) is 9.59 Å². The third-order valence-electron chi connectivity index (χ3n) is 3.93. The van der Waals surface area contributed by atoms with E-state index >= 15 is 0 Å². The van der Waals surface area contributed by atoms with Gasteiger partial charge >= 0.3 is 0 Å². The third-order valence-corrected chi connectivity index (χ3v) is 3.93. The molecule has 1 aromatic carbocycles. The minimum Gasteiger partial charge on any atom is -0.495 e. The first-order valence-electron chi connectivity index (χ1n) is 7.69. The van der Waals surface area contributed by atoms with Crippen LogP contribution in [0.5, 0.6) is 5.75 Å². The second-order valence-corrected chi connectivity index (χ2v) is 6.02. The molecule has 0 spiro atoms. The van der Waals surface area contributed by atoms with Crippen LogP contribution in [0.2, 0.25) is 0 Å². The number of methoxy groups -OCH3 is 1. The van der Waals surface area contributed by atoms with Gasteiger partial charge in [-0.1, -0.05) is 26.0 Å². The summed E-state index contributed by atoms with van der Waals surface area (Å²) >= 11 is 0. The van der Waals surface area contributed by atoms with Crippen molar-refractivity contribution in [1.82, 2.24) is 4.90 Å². The number of rotatable bonds is 4. The Hall–Kier alpha value is -2.04. The topological polar surface area (TPSA) is 49.9 Å². The molecule has 1 aliphatic heterocycles. The van der Waals surface area contributed by atoms with E-state index in [4.69, 9.17) is 4.74 Å². The van der Waals surface area contributed by atoms with Crippen molar-refractivity contribution in [1.29, 1.82) is 0 Å². The highest BCUT2D eigenvalue weighted by atomic mass is 16.5. The van der Waals surface area contributed by atoms with E-state index in [1.807, 2.05) is 38.1 Å². The summed E-state index contributed by atoms with van der Waals surface area (Å²) in [6.45, 7) is 6.86. The lowest BCUT2D eigenvalue weighted by Crippen LogP contribution is -2.58. The maximum Gasteiger partial charge on any atom is 0.249 e. The number of amides is 2. The van der Waals surface area contributed by atoms with E-state index in [0.717, 1.165) is 5.69 Å². The van der Waals surface area contributed by atoms with Gasteiger partial charge in [-0.2, -0.15) is 0 Å². The van der Waals surface area contributed by atoms with Crippen LogP contribution >= 0.6 is 0 Å². The highest BCUT2D eigenvalue weighted by molar-refractivity contribution is 6.01. The number of nitrogens with zero attached hydrogens (tertiary/aromatic N) is 2. The third kappa shape index (κ3) is 3.24. The fourth-order valence-electron chi connectivity index (χ4n) is 2.77. The van der Waals surface area contributed by atoms with Crippen molar-refractivity contribution in [2.75, 3.05) is 25.1 Å². The summed E-state index contributed by atoms with van der Waals surface area (Å²) in [7, 11) is 1.59. The van der Waals surface area contributed by atoms with Crippen LogP contribution in [0.1, 0.15) is 27.2 Å². The molecule has 5 nitrogen and oxygen atoms in total. The smallest absolute Gasteiger partial charge is 0.249 e. The van der Waals surface area contributed by atoms with Crippen LogP contribution in [0.25, 0.3) is 0 Å². The fourth-order valence-corrected chi connectivity index (χ4v) is 2.77.